The number of anilines is 1. The van der Waals surface area contributed by atoms with Crippen molar-refractivity contribution in [2.45, 2.75) is 51.9 Å². The van der Waals surface area contributed by atoms with E-state index < -0.39 is 0 Å². The number of fused-ring (bicyclic) bond motifs is 3. The van der Waals surface area contributed by atoms with Crippen molar-refractivity contribution in [2.75, 3.05) is 5.32 Å². The summed E-state index contributed by atoms with van der Waals surface area (Å²) in [5.74, 6) is 0. The highest BCUT2D eigenvalue weighted by molar-refractivity contribution is 6.09. The summed E-state index contributed by atoms with van der Waals surface area (Å²) in [6.45, 7) is 2.26. The fourth-order valence-corrected chi connectivity index (χ4v) is 3.17. The van der Waals surface area contributed by atoms with Crippen LogP contribution < -0.4 is 5.32 Å². The van der Waals surface area contributed by atoms with Crippen LogP contribution in [0.1, 0.15) is 51.9 Å². The second-order valence-corrected chi connectivity index (χ2v) is 6.50. The van der Waals surface area contributed by atoms with Gasteiger partial charge in [0.25, 0.3) is 0 Å². The van der Waals surface area contributed by atoms with Gasteiger partial charge in [-0.05, 0) is 43.3 Å². The van der Waals surface area contributed by atoms with Crippen LogP contribution in [0.2, 0.25) is 0 Å². The molecule has 1 aromatic carbocycles. The highest BCUT2D eigenvalue weighted by Crippen LogP contribution is 2.29. The molecule has 130 valence electrons. The van der Waals surface area contributed by atoms with E-state index in [1.807, 2.05) is 24.5 Å². The molecule has 0 bridgehead atoms. The van der Waals surface area contributed by atoms with Crippen LogP contribution in [-0.2, 0) is 0 Å². The van der Waals surface area contributed by atoms with Crippen molar-refractivity contribution < 1.29 is 0 Å². The lowest BCUT2D eigenvalue weighted by atomic mass is 10.1. The lowest BCUT2D eigenvalue weighted by molar-refractivity contribution is 0.611. The first-order valence-corrected chi connectivity index (χ1v) is 9.44. The minimum Gasteiger partial charge on any atom is -0.361 e. The lowest BCUT2D eigenvalue weighted by Crippen LogP contribution is -1.92. The second kappa shape index (κ2) is 9.16. The largest absolute Gasteiger partial charge is 0.361 e. The van der Waals surface area contributed by atoms with Crippen molar-refractivity contribution in [3.05, 3.63) is 55.0 Å². The van der Waals surface area contributed by atoms with Crippen LogP contribution in [-0.4, -0.2) is 9.97 Å². The summed E-state index contributed by atoms with van der Waals surface area (Å²) in [5.41, 5.74) is 3.00. The molecule has 3 nitrogen and oxygen atoms in total. The van der Waals surface area contributed by atoms with Crippen LogP contribution in [0.5, 0.6) is 0 Å². The molecule has 1 N–H and O–H groups in total. The summed E-state index contributed by atoms with van der Waals surface area (Å²) in [7, 11) is 0. The smallest absolute Gasteiger partial charge is 0.0985 e. The summed E-state index contributed by atoms with van der Waals surface area (Å²) < 4.78 is 0. The van der Waals surface area contributed by atoms with E-state index in [1.165, 1.54) is 38.5 Å². The normalized spacial score (nSPS) is 11.6. The van der Waals surface area contributed by atoms with Crippen LogP contribution in [0.3, 0.4) is 0 Å². The number of aromatic nitrogens is 2. The molecule has 0 spiro atoms. The quantitative estimate of drug-likeness (QED) is 0.361. The molecule has 0 atom stereocenters. The molecule has 3 aromatic rings. The predicted octanol–water partition coefficient (Wildman–Crippen LogP) is 6.46. The Labute approximate surface area is 150 Å². The van der Waals surface area contributed by atoms with Gasteiger partial charge in [-0.15, -0.1) is 0 Å². The van der Waals surface area contributed by atoms with Gasteiger partial charge in [0, 0.05) is 28.9 Å². The number of pyridine rings is 2. The number of benzene rings is 1. The maximum atomic E-state index is 4.54. The Morgan fingerprint density at radius 1 is 0.920 bits per heavy atom. The first-order valence-electron chi connectivity index (χ1n) is 9.44. The zero-order chi connectivity index (χ0) is 17.3. The average Bonchev–Trinajstić information content (AvgIpc) is 2.66. The third-order valence-electron chi connectivity index (χ3n) is 4.54. The SMILES string of the molecule is CCCCCCCCC=CNc1cc2cccnc2c2ncccc12. The van der Waals surface area contributed by atoms with E-state index in [0.29, 0.717) is 0 Å². The van der Waals surface area contributed by atoms with E-state index in [1.54, 1.807) is 0 Å². The summed E-state index contributed by atoms with van der Waals surface area (Å²) in [6.07, 6.45) is 17.1. The molecular formula is C22H27N3. The first-order chi connectivity index (χ1) is 12.4. The Morgan fingerprint density at radius 2 is 1.68 bits per heavy atom. The molecule has 0 saturated carbocycles. The predicted molar refractivity (Wildman–Crippen MR) is 108 cm³/mol. The molecule has 0 saturated heterocycles. The number of nitrogens with zero attached hydrogens (tertiary/aromatic N) is 2. The van der Waals surface area contributed by atoms with E-state index >= 15 is 0 Å². The number of nitrogens with one attached hydrogen (secondary N) is 1. The molecule has 0 amide bonds. The zero-order valence-corrected chi connectivity index (χ0v) is 15.0. The molecular weight excluding hydrogens is 306 g/mol. The lowest BCUT2D eigenvalue weighted by Gasteiger charge is -2.09. The molecule has 0 aliphatic rings. The number of hydrogen-bond acceptors (Lipinski definition) is 3. The molecule has 3 heteroatoms. The van der Waals surface area contributed by atoms with Crippen LogP contribution in [0.15, 0.2) is 55.0 Å². The van der Waals surface area contributed by atoms with E-state index in [9.17, 15) is 0 Å². The Morgan fingerprint density at radius 3 is 2.56 bits per heavy atom. The topological polar surface area (TPSA) is 37.8 Å². The summed E-state index contributed by atoms with van der Waals surface area (Å²) >= 11 is 0. The van der Waals surface area contributed by atoms with Crippen molar-refractivity contribution in [3.63, 3.8) is 0 Å². The third kappa shape index (κ3) is 4.56. The van der Waals surface area contributed by atoms with Gasteiger partial charge in [-0.1, -0.05) is 51.2 Å². The highest BCUT2D eigenvalue weighted by atomic mass is 14.8. The van der Waals surface area contributed by atoms with E-state index in [0.717, 1.165) is 33.9 Å². The fraction of sp³-hybridized carbons (Fsp3) is 0.364. The van der Waals surface area contributed by atoms with Gasteiger partial charge in [0.05, 0.1) is 11.0 Å². The van der Waals surface area contributed by atoms with Gasteiger partial charge in [-0.25, -0.2) is 0 Å². The van der Waals surface area contributed by atoms with Gasteiger partial charge in [0.15, 0.2) is 0 Å². The number of rotatable bonds is 9. The second-order valence-electron chi connectivity index (χ2n) is 6.50. The summed E-state index contributed by atoms with van der Waals surface area (Å²) in [6, 6.07) is 10.3. The maximum absolute atomic E-state index is 4.54. The van der Waals surface area contributed by atoms with Crippen molar-refractivity contribution >= 4 is 27.5 Å². The molecule has 0 unspecified atom stereocenters. The maximum Gasteiger partial charge on any atom is 0.0985 e. The van der Waals surface area contributed by atoms with Crippen molar-refractivity contribution in [2.24, 2.45) is 0 Å². The van der Waals surface area contributed by atoms with Crippen LogP contribution >= 0.6 is 0 Å². The van der Waals surface area contributed by atoms with Crippen LogP contribution in [0.25, 0.3) is 21.8 Å². The number of allylic oxidation sites excluding steroid dienone is 1. The Kier molecular flexibility index (Phi) is 6.38. The first kappa shape index (κ1) is 17.4. The van der Waals surface area contributed by atoms with E-state index in [4.69, 9.17) is 0 Å². The van der Waals surface area contributed by atoms with Gasteiger partial charge >= 0.3 is 0 Å². The minimum atomic E-state index is 0.951. The minimum absolute atomic E-state index is 0.951. The number of hydrogen-bond donors (Lipinski definition) is 1. The average molecular weight is 333 g/mol. The highest BCUT2D eigenvalue weighted by Gasteiger charge is 2.06. The molecule has 2 heterocycles. The summed E-state index contributed by atoms with van der Waals surface area (Å²) in [5, 5.41) is 5.66. The van der Waals surface area contributed by atoms with E-state index in [2.05, 4.69) is 52.7 Å². The summed E-state index contributed by atoms with van der Waals surface area (Å²) in [4.78, 5) is 9.03. The van der Waals surface area contributed by atoms with Crippen LogP contribution in [0, 0.1) is 0 Å². The Hall–Kier alpha value is -2.42. The van der Waals surface area contributed by atoms with Crippen molar-refractivity contribution in [1.29, 1.82) is 0 Å². The third-order valence-corrected chi connectivity index (χ3v) is 4.54. The zero-order valence-electron chi connectivity index (χ0n) is 15.0. The fourth-order valence-electron chi connectivity index (χ4n) is 3.17. The van der Waals surface area contributed by atoms with Gasteiger partial charge in [0.2, 0.25) is 0 Å². The van der Waals surface area contributed by atoms with Gasteiger partial charge in [-0.2, -0.15) is 0 Å². The van der Waals surface area contributed by atoms with Crippen molar-refractivity contribution in [3.8, 4) is 0 Å². The van der Waals surface area contributed by atoms with E-state index in [-0.39, 0.29) is 0 Å². The molecule has 25 heavy (non-hydrogen) atoms. The molecule has 2 aromatic heterocycles. The molecule has 0 radical (unpaired) electrons. The molecule has 3 rings (SSSR count). The Bertz CT molecular complexity index is 839. The monoisotopic (exact) mass is 333 g/mol. The number of unbranched alkanes of at least 4 members (excludes halogenated alkanes) is 6. The molecule has 0 aliphatic heterocycles. The van der Waals surface area contributed by atoms with Crippen LogP contribution in [0.4, 0.5) is 5.69 Å². The van der Waals surface area contributed by atoms with Gasteiger partial charge in [0.1, 0.15) is 0 Å². The molecule has 0 fully saturated rings. The van der Waals surface area contributed by atoms with Gasteiger partial charge in [-0.3, -0.25) is 9.97 Å². The molecule has 0 aliphatic carbocycles. The standard InChI is InChI=1S/C22H27N3/c1-2-3-4-5-6-7-8-9-14-23-20-17-18-12-10-15-24-21(18)22-19(20)13-11-16-25-22/h9-17,23H,2-8H2,1H3. The Balaban J connectivity index is 1.64. The van der Waals surface area contributed by atoms with Gasteiger partial charge < -0.3 is 5.32 Å². The van der Waals surface area contributed by atoms with Crippen molar-refractivity contribution in [1.82, 2.24) is 9.97 Å².